The molecule has 0 saturated heterocycles. The fourth-order valence-electron chi connectivity index (χ4n) is 3.02. The summed E-state index contributed by atoms with van der Waals surface area (Å²) in [5, 5.41) is 3.44. The molecule has 1 aromatic rings. The molecule has 1 saturated carbocycles. The summed E-state index contributed by atoms with van der Waals surface area (Å²) in [7, 11) is 2.05. The first-order valence-electron chi connectivity index (χ1n) is 6.82. The second kappa shape index (κ2) is 6.67. The zero-order chi connectivity index (χ0) is 13.0. The maximum atomic E-state index is 13.2. The molecule has 1 nitrogen and oxygen atoms in total. The van der Waals surface area contributed by atoms with Crippen LogP contribution < -0.4 is 5.32 Å². The SMILES string of the molecule is CNC(CCc1cc(F)ccc1Br)C1CCCC1. The highest BCUT2D eigenvalue weighted by atomic mass is 79.9. The van der Waals surface area contributed by atoms with Gasteiger partial charge in [-0.25, -0.2) is 4.39 Å². The molecule has 18 heavy (non-hydrogen) atoms. The fourth-order valence-corrected chi connectivity index (χ4v) is 3.47. The largest absolute Gasteiger partial charge is 0.317 e. The van der Waals surface area contributed by atoms with Gasteiger partial charge in [-0.15, -0.1) is 0 Å². The second-order valence-electron chi connectivity index (χ2n) is 5.21. The lowest BCUT2D eigenvalue weighted by molar-refractivity contribution is 0.359. The third kappa shape index (κ3) is 3.55. The van der Waals surface area contributed by atoms with Crippen molar-refractivity contribution in [3.05, 3.63) is 34.1 Å². The molecule has 1 aliphatic carbocycles. The van der Waals surface area contributed by atoms with Gasteiger partial charge in [0, 0.05) is 10.5 Å². The number of aryl methyl sites for hydroxylation is 1. The predicted octanol–water partition coefficient (Wildman–Crippen LogP) is 4.30. The van der Waals surface area contributed by atoms with E-state index in [0.717, 1.165) is 28.8 Å². The lowest BCUT2D eigenvalue weighted by Gasteiger charge is -2.23. The zero-order valence-electron chi connectivity index (χ0n) is 10.9. The normalized spacial score (nSPS) is 18.2. The number of hydrogen-bond donors (Lipinski definition) is 1. The molecule has 0 heterocycles. The molecule has 1 unspecified atom stereocenters. The van der Waals surface area contributed by atoms with Crippen LogP contribution in [0.3, 0.4) is 0 Å². The first-order chi connectivity index (χ1) is 8.70. The van der Waals surface area contributed by atoms with Gasteiger partial charge in [-0.2, -0.15) is 0 Å². The summed E-state index contributed by atoms with van der Waals surface area (Å²) in [5.74, 6) is 0.664. The molecule has 1 aromatic carbocycles. The first kappa shape index (κ1) is 14.0. The third-order valence-corrected chi connectivity index (χ3v) is 4.85. The molecule has 100 valence electrons. The van der Waals surface area contributed by atoms with Crippen molar-refractivity contribution in [1.82, 2.24) is 5.32 Å². The molecule has 0 aromatic heterocycles. The zero-order valence-corrected chi connectivity index (χ0v) is 12.5. The molecule has 3 heteroatoms. The van der Waals surface area contributed by atoms with E-state index in [4.69, 9.17) is 0 Å². The maximum Gasteiger partial charge on any atom is 0.123 e. The van der Waals surface area contributed by atoms with Crippen molar-refractivity contribution < 1.29 is 4.39 Å². The van der Waals surface area contributed by atoms with E-state index < -0.39 is 0 Å². The average Bonchev–Trinajstić information content (AvgIpc) is 2.88. The van der Waals surface area contributed by atoms with Crippen molar-refractivity contribution in [3.8, 4) is 0 Å². The van der Waals surface area contributed by atoms with Crippen molar-refractivity contribution in [1.29, 1.82) is 0 Å². The topological polar surface area (TPSA) is 12.0 Å². The van der Waals surface area contributed by atoms with Crippen LogP contribution in [-0.4, -0.2) is 13.1 Å². The van der Waals surface area contributed by atoms with Crippen LogP contribution in [0.5, 0.6) is 0 Å². The minimum atomic E-state index is -0.143. The summed E-state index contributed by atoms with van der Waals surface area (Å²) in [5.41, 5.74) is 1.08. The monoisotopic (exact) mass is 313 g/mol. The number of rotatable bonds is 5. The third-order valence-electron chi connectivity index (χ3n) is 4.07. The van der Waals surface area contributed by atoms with Crippen LogP contribution in [0.4, 0.5) is 4.39 Å². The van der Waals surface area contributed by atoms with Crippen LogP contribution in [0.2, 0.25) is 0 Å². The molecule has 0 aliphatic heterocycles. The standard InChI is InChI=1S/C15H21BrFN/c1-18-15(11-4-2-3-5-11)9-6-12-10-13(17)7-8-14(12)16/h7-8,10-11,15,18H,2-6,9H2,1H3. The van der Waals surface area contributed by atoms with Gasteiger partial charge >= 0.3 is 0 Å². The van der Waals surface area contributed by atoms with Gasteiger partial charge in [-0.05, 0) is 62.4 Å². The Morgan fingerprint density at radius 1 is 1.39 bits per heavy atom. The summed E-state index contributed by atoms with van der Waals surface area (Å²) >= 11 is 3.50. The number of benzene rings is 1. The predicted molar refractivity (Wildman–Crippen MR) is 77.2 cm³/mol. The fraction of sp³-hybridized carbons (Fsp3) is 0.600. The van der Waals surface area contributed by atoms with Crippen LogP contribution >= 0.6 is 15.9 Å². The Balaban J connectivity index is 1.94. The van der Waals surface area contributed by atoms with Gasteiger partial charge < -0.3 is 5.32 Å². The molecule has 1 atom stereocenters. The van der Waals surface area contributed by atoms with Gasteiger partial charge in [0.05, 0.1) is 0 Å². The Morgan fingerprint density at radius 2 is 2.11 bits per heavy atom. The lowest BCUT2D eigenvalue weighted by Crippen LogP contribution is -2.32. The number of halogens is 2. The minimum Gasteiger partial charge on any atom is -0.317 e. The van der Waals surface area contributed by atoms with E-state index in [9.17, 15) is 4.39 Å². The van der Waals surface area contributed by atoms with Gasteiger partial charge in [-0.3, -0.25) is 0 Å². The van der Waals surface area contributed by atoms with Gasteiger partial charge in [0.25, 0.3) is 0 Å². The van der Waals surface area contributed by atoms with Crippen molar-refractivity contribution in [3.63, 3.8) is 0 Å². The van der Waals surface area contributed by atoms with E-state index in [0.29, 0.717) is 6.04 Å². The Hall–Kier alpha value is -0.410. The highest BCUT2D eigenvalue weighted by Crippen LogP contribution is 2.30. The molecular weight excluding hydrogens is 293 g/mol. The molecule has 0 bridgehead atoms. The highest BCUT2D eigenvalue weighted by Gasteiger charge is 2.23. The summed E-state index contributed by atoms with van der Waals surface area (Å²) in [6.07, 6.45) is 7.44. The molecule has 2 rings (SSSR count). The highest BCUT2D eigenvalue weighted by molar-refractivity contribution is 9.10. The Bertz CT molecular complexity index is 388. The van der Waals surface area contributed by atoms with E-state index >= 15 is 0 Å². The lowest BCUT2D eigenvalue weighted by atomic mass is 9.92. The van der Waals surface area contributed by atoms with Crippen LogP contribution in [0.15, 0.2) is 22.7 Å². The van der Waals surface area contributed by atoms with E-state index in [-0.39, 0.29) is 5.82 Å². The Kier molecular flexibility index (Phi) is 5.19. The van der Waals surface area contributed by atoms with Crippen LogP contribution in [-0.2, 0) is 6.42 Å². The van der Waals surface area contributed by atoms with E-state index in [1.807, 2.05) is 7.05 Å². The number of hydrogen-bond acceptors (Lipinski definition) is 1. The van der Waals surface area contributed by atoms with Crippen LogP contribution in [0, 0.1) is 11.7 Å². The van der Waals surface area contributed by atoms with Gasteiger partial charge in [0.1, 0.15) is 5.82 Å². The molecule has 0 amide bonds. The van der Waals surface area contributed by atoms with Crippen molar-refractivity contribution in [2.45, 2.75) is 44.6 Å². The molecule has 0 radical (unpaired) electrons. The van der Waals surface area contributed by atoms with Gasteiger partial charge in [-0.1, -0.05) is 28.8 Å². The average molecular weight is 314 g/mol. The van der Waals surface area contributed by atoms with Crippen molar-refractivity contribution in [2.75, 3.05) is 7.05 Å². The van der Waals surface area contributed by atoms with Crippen molar-refractivity contribution >= 4 is 15.9 Å². The smallest absolute Gasteiger partial charge is 0.123 e. The van der Waals surface area contributed by atoms with E-state index in [1.165, 1.54) is 31.7 Å². The minimum absolute atomic E-state index is 0.143. The van der Waals surface area contributed by atoms with E-state index in [1.54, 1.807) is 12.1 Å². The molecule has 1 aliphatic rings. The van der Waals surface area contributed by atoms with Crippen molar-refractivity contribution in [2.24, 2.45) is 5.92 Å². The maximum absolute atomic E-state index is 13.2. The summed E-state index contributed by atoms with van der Waals surface area (Å²) in [6, 6.07) is 5.52. The number of nitrogens with one attached hydrogen (secondary N) is 1. The summed E-state index contributed by atoms with van der Waals surface area (Å²) in [4.78, 5) is 0. The first-order valence-corrected chi connectivity index (χ1v) is 7.61. The molecule has 1 fully saturated rings. The van der Waals surface area contributed by atoms with E-state index in [2.05, 4.69) is 21.2 Å². The van der Waals surface area contributed by atoms with Crippen LogP contribution in [0.25, 0.3) is 0 Å². The quantitative estimate of drug-likeness (QED) is 0.854. The summed E-state index contributed by atoms with van der Waals surface area (Å²) in [6.45, 7) is 0. The second-order valence-corrected chi connectivity index (χ2v) is 6.07. The van der Waals surface area contributed by atoms with Gasteiger partial charge in [0.2, 0.25) is 0 Å². The Labute approximate surface area is 117 Å². The molecular formula is C15H21BrFN. The van der Waals surface area contributed by atoms with Gasteiger partial charge in [0.15, 0.2) is 0 Å². The molecule has 0 spiro atoms. The summed E-state index contributed by atoms with van der Waals surface area (Å²) < 4.78 is 14.2. The Morgan fingerprint density at radius 3 is 2.78 bits per heavy atom. The molecule has 1 N–H and O–H groups in total. The van der Waals surface area contributed by atoms with Crippen LogP contribution in [0.1, 0.15) is 37.7 Å².